The van der Waals surface area contributed by atoms with E-state index < -0.39 is 0 Å². The van der Waals surface area contributed by atoms with Crippen LogP contribution in [0.4, 0.5) is 11.4 Å². The predicted octanol–water partition coefficient (Wildman–Crippen LogP) is 1.38. The topological polar surface area (TPSA) is 49.4 Å². The van der Waals surface area contributed by atoms with Crippen molar-refractivity contribution in [1.82, 2.24) is 0 Å². The number of fused-ring (bicyclic) bond motifs is 1. The van der Waals surface area contributed by atoms with Crippen molar-refractivity contribution in [3.63, 3.8) is 0 Å². The van der Waals surface area contributed by atoms with Gasteiger partial charge in [-0.05, 0) is 19.1 Å². The van der Waals surface area contributed by atoms with Crippen LogP contribution in [0.3, 0.4) is 0 Å². The van der Waals surface area contributed by atoms with Gasteiger partial charge in [0.05, 0.1) is 11.4 Å². The molecule has 2 amide bonds. The highest BCUT2D eigenvalue weighted by atomic mass is 16.2. The summed E-state index contributed by atoms with van der Waals surface area (Å²) in [5, 5.41) is 2.72. The number of hydrogen-bond acceptors (Lipinski definition) is 2. The van der Waals surface area contributed by atoms with E-state index >= 15 is 0 Å². The highest BCUT2D eigenvalue weighted by Crippen LogP contribution is 2.28. The Hall–Kier alpha value is -1.84. The van der Waals surface area contributed by atoms with E-state index in [0.29, 0.717) is 12.2 Å². The maximum absolute atomic E-state index is 11.7. The van der Waals surface area contributed by atoms with Gasteiger partial charge in [0.15, 0.2) is 0 Å². The first-order chi connectivity index (χ1) is 7.22. The van der Waals surface area contributed by atoms with Crippen molar-refractivity contribution in [2.45, 2.75) is 13.3 Å². The second kappa shape index (κ2) is 3.73. The van der Waals surface area contributed by atoms with E-state index in [0.717, 1.165) is 5.69 Å². The molecular weight excluding hydrogens is 192 g/mol. The van der Waals surface area contributed by atoms with Crippen LogP contribution >= 0.6 is 0 Å². The quantitative estimate of drug-likeness (QED) is 0.702. The van der Waals surface area contributed by atoms with E-state index in [1.54, 1.807) is 11.0 Å². The summed E-state index contributed by atoms with van der Waals surface area (Å²) in [6, 6.07) is 7.33. The lowest BCUT2D eigenvalue weighted by Gasteiger charge is -2.19. The van der Waals surface area contributed by atoms with Gasteiger partial charge in [-0.15, -0.1) is 0 Å². The Kier molecular flexibility index (Phi) is 2.41. The number of carbonyl (C=O) groups is 2. The zero-order valence-electron chi connectivity index (χ0n) is 8.49. The molecular formula is C11H12N2O2. The molecule has 2 rings (SSSR count). The van der Waals surface area contributed by atoms with Gasteiger partial charge in [-0.3, -0.25) is 9.59 Å². The molecule has 1 aromatic carbocycles. The summed E-state index contributed by atoms with van der Waals surface area (Å²) in [7, 11) is 0. The van der Waals surface area contributed by atoms with E-state index in [9.17, 15) is 9.59 Å². The SMILES string of the molecule is CCN1C(=O)CC(=O)Nc2ccccc21. The molecule has 0 saturated carbocycles. The molecule has 0 radical (unpaired) electrons. The summed E-state index contributed by atoms with van der Waals surface area (Å²) in [5.41, 5.74) is 1.48. The maximum Gasteiger partial charge on any atom is 0.236 e. The molecule has 0 fully saturated rings. The van der Waals surface area contributed by atoms with Gasteiger partial charge in [0, 0.05) is 6.54 Å². The second-order valence-electron chi connectivity index (χ2n) is 3.38. The third-order valence-corrected chi connectivity index (χ3v) is 2.40. The second-order valence-corrected chi connectivity index (χ2v) is 3.38. The third kappa shape index (κ3) is 1.70. The van der Waals surface area contributed by atoms with E-state index in [2.05, 4.69) is 5.32 Å². The number of hydrogen-bond donors (Lipinski definition) is 1. The monoisotopic (exact) mass is 204 g/mol. The highest BCUT2D eigenvalue weighted by Gasteiger charge is 2.24. The molecule has 4 heteroatoms. The first kappa shape index (κ1) is 9.71. The maximum atomic E-state index is 11.7. The van der Waals surface area contributed by atoms with Crippen molar-refractivity contribution in [1.29, 1.82) is 0 Å². The number of nitrogens with one attached hydrogen (secondary N) is 1. The van der Waals surface area contributed by atoms with Crippen LogP contribution in [0.5, 0.6) is 0 Å². The first-order valence-corrected chi connectivity index (χ1v) is 4.91. The number of amides is 2. The summed E-state index contributed by atoms with van der Waals surface area (Å²) in [4.78, 5) is 24.7. The van der Waals surface area contributed by atoms with E-state index in [-0.39, 0.29) is 18.2 Å². The van der Waals surface area contributed by atoms with Gasteiger partial charge in [-0.25, -0.2) is 0 Å². The Balaban J connectivity index is 2.50. The molecule has 0 aliphatic carbocycles. The van der Waals surface area contributed by atoms with Gasteiger partial charge in [-0.2, -0.15) is 0 Å². The number of para-hydroxylation sites is 2. The summed E-state index contributed by atoms with van der Waals surface area (Å²) in [5.74, 6) is -0.400. The van der Waals surface area contributed by atoms with Gasteiger partial charge in [0.25, 0.3) is 0 Å². The van der Waals surface area contributed by atoms with E-state index in [4.69, 9.17) is 0 Å². The zero-order valence-corrected chi connectivity index (χ0v) is 8.49. The Morgan fingerprint density at radius 2 is 2.07 bits per heavy atom. The van der Waals surface area contributed by atoms with Gasteiger partial charge in [0.2, 0.25) is 11.8 Å². The lowest BCUT2D eigenvalue weighted by atomic mass is 10.2. The van der Waals surface area contributed by atoms with Crippen LogP contribution in [0.1, 0.15) is 13.3 Å². The van der Waals surface area contributed by atoms with Gasteiger partial charge in [-0.1, -0.05) is 12.1 Å². The standard InChI is InChI=1S/C11H12N2O2/c1-2-13-9-6-4-3-5-8(9)12-10(14)7-11(13)15/h3-6H,2,7H2,1H3,(H,12,14). The molecule has 4 nitrogen and oxygen atoms in total. The zero-order chi connectivity index (χ0) is 10.8. The van der Waals surface area contributed by atoms with Gasteiger partial charge < -0.3 is 10.2 Å². The Morgan fingerprint density at radius 1 is 1.33 bits per heavy atom. The number of carbonyl (C=O) groups excluding carboxylic acids is 2. The van der Waals surface area contributed by atoms with E-state index in [1.165, 1.54) is 0 Å². The molecule has 1 aliphatic heterocycles. The molecule has 0 saturated heterocycles. The van der Waals surface area contributed by atoms with Crippen LogP contribution in [0.25, 0.3) is 0 Å². The van der Waals surface area contributed by atoms with Crippen molar-refractivity contribution in [2.24, 2.45) is 0 Å². The average Bonchev–Trinajstić information content (AvgIpc) is 2.32. The third-order valence-electron chi connectivity index (χ3n) is 2.40. The number of benzene rings is 1. The number of rotatable bonds is 1. The molecule has 78 valence electrons. The van der Waals surface area contributed by atoms with E-state index in [1.807, 2.05) is 25.1 Å². The van der Waals surface area contributed by atoms with Gasteiger partial charge >= 0.3 is 0 Å². The largest absolute Gasteiger partial charge is 0.324 e. The summed E-state index contributed by atoms with van der Waals surface area (Å²) < 4.78 is 0. The lowest BCUT2D eigenvalue weighted by molar-refractivity contribution is -0.124. The average molecular weight is 204 g/mol. The van der Waals surface area contributed by atoms with Crippen molar-refractivity contribution >= 4 is 23.2 Å². The number of nitrogens with zero attached hydrogens (tertiary/aromatic N) is 1. The predicted molar refractivity (Wildman–Crippen MR) is 57.7 cm³/mol. The fourth-order valence-corrected chi connectivity index (χ4v) is 1.72. The molecule has 15 heavy (non-hydrogen) atoms. The molecule has 0 spiro atoms. The molecule has 0 aromatic heterocycles. The summed E-state index contributed by atoms with van der Waals surface area (Å²) >= 11 is 0. The van der Waals surface area contributed by atoms with Crippen LogP contribution < -0.4 is 10.2 Å². The fourth-order valence-electron chi connectivity index (χ4n) is 1.72. The van der Waals surface area contributed by atoms with Crippen molar-refractivity contribution in [2.75, 3.05) is 16.8 Å². The van der Waals surface area contributed by atoms with Crippen LogP contribution in [0, 0.1) is 0 Å². The first-order valence-electron chi connectivity index (χ1n) is 4.91. The molecule has 1 N–H and O–H groups in total. The fraction of sp³-hybridized carbons (Fsp3) is 0.273. The van der Waals surface area contributed by atoms with Crippen LogP contribution in [-0.2, 0) is 9.59 Å². The minimum absolute atomic E-state index is 0.0808. The minimum atomic E-state index is -0.247. The van der Waals surface area contributed by atoms with Crippen molar-refractivity contribution in [3.8, 4) is 0 Å². The number of anilines is 2. The molecule has 0 bridgehead atoms. The lowest BCUT2D eigenvalue weighted by Crippen LogP contribution is -2.30. The highest BCUT2D eigenvalue weighted by molar-refractivity contribution is 6.14. The normalized spacial score (nSPS) is 15.7. The summed E-state index contributed by atoms with van der Waals surface area (Å²) in [6.07, 6.45) is -0.0808. The Morgan fingerprint density at radius 3 is 2.80 bits per heavy atom. The van der Waals surface area contributed by atoms with Crippen LogP contribution in [0.2, 0.25) is 0 Å². The summed E-state index contributed by atoms with van der Waals surface area (Å²) in [6.45, 7) is 2.47. The molecule has 1 aromatic rings. The smallest absolute Gasteiger partial charge is 0.236 e. The Labute approximate surface area is 87.9 Å². The van der Waals surface area contributed by atoms with Gasteiger partial charge in [0.1, 0.15) is 6.42 Å². The van der Waals surface area contributed by atoms with Crippen molar-refractivity contribution in [3.05, 3.63) is 24.3 Å². The van der Waals surface area contributed by atoms with Crippen molar-refractivity contribution < 1.29 is 9.59 Å². The molecule has 1 heterocycles. The van der Waals surface area contributed by atoms with Crippen LogP contribution in [0.15, 0.2) is 24.3 Å². The minimum Gasteiger partial charge on any atom is -0.324 e. The molecule has 1 aliphatic rings. The molecule has 0 unspecified atom stereocenters. The Bertz CT molecular complexity index is 415. The molecule has 0 atom stereocenters. The van der Waals surface area contributed by atoms with Crippen LogP contribution in [-0.4, -0.2) is 18.4 Å².